The normalized spacial score (nSPS) is 28.7. The molecule has 0 aromatic carbocycles. The maximum Gasteiger partial charge on any atom is 0.240 e. The van der Waals surface area contributed by atoms with E-state index in [9.17, 15) is 9.59 Å². The van der Waals surface area contributed by atoms with Crippen LogP contribution in [-0.2, 0) is 9.59 Å². The molecule has 1 aliphatic carbocycles. The molecule has 1 N–H and O–H groups in total. The zero-order valence-corrected chi connectivity index (χ0v) is 16.2. The molecular weight excluding hydrogens is 334 g/mol. The van der Waals surface area contributed by atoms with Gasteiger partial charge in [-0.25, -0.2) is 0 Å². The minimum atomic E-state index is -0.312. The molecule has 6 heteroatoms. The lowest BCUT2D eigenvalue weighted by molar-refractivity contribution is -0.132. The predicted molar refractivity (Wildman–Crippen MR) is 103 cm³/mol. The van der Waals surface area contributed by atoms with Crippen molar-refractivity contribution in [3.8, 4) is 0 Å². The van der Waals surface area contributed by atoms with Crippen molar-refractivity contribution in [1.82, 2.24) is 10.2 Å². The Bertz CT molecular complexity index is 509. The van der Waals surface area contributed by atoms with Gasteiger partial charge >= 0.3 is 0 Å². The number of thioether (sulfide) groups is 1. The minimum absolute atomic E-state index is 0.0530. The average Bonchev–Trinajstić information content (AvgIpc) is 2.82. The third kappa shape index (κ3) is 5.22. The van der Waals surface area contributed by atoms with Crippen LogP contribution in [0.1, 0.15) is 71.1 Å². The maximum atomic E-state index is 12.5. The smallest absolute Gasteiger partial charge is 0.240 e. The van der Waals surface area contributed by atoms with Crippen LogP contribution in [0.15, 0.2) is 4.99 Å². The Morgan fingerprint density at radius 2 is 1.80 bits per heavy atom. The fourth-order valence-electron chi connectivity index (χ4n) is 4.12. The van der Waals surface area contributed by atoms with Crippen LogP contribution < -0.4 is 5.32 Å². The number of likely N-dealkylation sites (tertiary alicyclic amines) is 1. The molecule has 3 fully saturated rings. The van der Waals surface area contributed by atoms with E-state index >= 15 is 0 Å². The van der Waals surface area contributed by atoms with Gasteiger partial charge in [-0.15, -0.1) is 0 Å². The Kier molecular flexibility index (Phi) is 6.79. The van der Waals surface area contributed by atoms with Gasteiger partial charge in [0.05, 0.1) is 6.04 Å². The number of hydrogen-bond donors (Lipinski definition) is 1. The molecule has 2 atom stereocenters. The van der Waals surface area contributed by atoms with Gasteiger partial charge in [0.2, 0.25) is 11.8 Å². The van der Waals surface area contributed by atoms with E-state index in [0.29, 0.717) is 12.3 Å². The van der Waals surface area contributed by atoms with E-state index in [-0.39, 0.29) is 23.1 Å². The van der Waals surface area contributed by atoms with Crippen molar-refractivity contribution in [3.63, 3.8) is 0 Å². The minimum Gasteiger partial charge on any atom is -0.343 e. The number of aliphatic imine (C=N–C) groups is 1. The van der Waals surface area contributed by atoms with Gasteiger partial charge in [0.15, 0.2) is 5.17 Å². The molecule has 0 aromatic rings. The van der Waals surface area contributed by atoms with Gasteiger partial charge in [-0.3, -0.25) is 14.6 Å². The van der Waals surface area contributed by atoms with Crippen molar-refractivity contribution in [3.05, 3.63) is 0 Å². The van der Waals surface area contributed by atoms with Gasteiger partial charge < -0.3 is 10.2 Å². The second-order valence-electron chi connectivity index (χ2n) is 7.67. The predicted octanol–water partition coefficient (Wildman–Crippen LogP) is 3.34. The van der Waals surface area contributed by atoms with E-state index in [1.54, 1.807) is 0 Å². The first kappa shape index (κ1) is 18.7. The molecule has 1 unspecified atom stereocenters. The van der Waals surface area contributed by atoms with Crippen LogP contribution in [0.4, 0.5) is 0 Å². The molecule has 2 amide bonds. The highest BCUT2D eigenvalue weighted by atomic mass is 32.2. The Morgan fingerprint density at radius 3 is 2.48 bits per heavy atom. The molecule has 2 aliphatic heterocycles. The van der Waals surface area contributed by atoms with E-state index in [1.807, 2.05) is 4.90 Å². The van der Waals surface area contributed by atoms with Gasteiger partial charge in [0.25, 0.3) is 0 Å². The molecule has 0 spiro atoms. The molecule has 2 saturated heterocycles. The molecule has 1 saturated carbocycles. The van der Waals surface area contributed by atoms with Gasteiger partial charge in [-0.05, 0) is 38.5 Å². The molecule has 0 aromatic heterocycles. The molecule has 2 heterocycles. The summed E-state index contributed by atoms with van der Waals surface area (Å²) in [6.45, 7) is 3.85. The van der Waals surface area contributed by atoms with Gasteiger partial charge in [-0.1, -0.05) is 43.9 Å². The van der Waals surface area contributed by atoms with Gasteiger partial charge in [0, 0.05) is 19.5 Å². The summed E-state index contributed by atoms with van der Waals surface area (Å²) in [5.74, 6) is 0.704. The van der Waals surface area contributed by atoms with Crippen LogP contribution >= 0.6 is 11.8 Å². The van der Waals surface area contributed by atoms with Crippen LogP contribution in [0, 0.1) is 5.92 Å². The van der Waals surface area contributed by atoms with Crippen molar-refractivity contribution in [2.24, 2.45) is 10.9 Å². The number of amidine groups is 1. The number of carbonyl (C=O) groups excluding carboxylic acids is 2. The number of rotatable bonds is 4. The highest BCUT2D eigenvalue weighted by Gasteiger charge is 2.34. The lowest BCUT2D eigenvalue weighted by Crippen LogP contribution is -2.35. The van der Waals surface area contributed by atoms with Crippen molar-refractivity contribution in [1.29, 1.82) is 0 Å². The summed E-state index contributed by atoms with van der Waals surface area (Å²) >= 11 is 1.45. The zero-order valence-electron chi connectivity index (χ0n) is 15.3. The van der Waals surface area contributed by atoms with Crippen molar-refractivity contribution in [2.75, 3.05) is 13.1 Å². The number of hydrogen-bond acceptors (Lipinski definition) is 4. The van der Waals surface area contributed by atoms with E-state index < -0.39 is 0 Å². The standard InChI is InChI=1S/C19H31N3O2S/c1-14(15-9-5-4-6-10-15)20-19-21-18(24)16(25-19)13-17(23)22-11-7-2-3-8-12-22/h14-16H,2-13H2,1H3,(H,20,21,24)/t14-,16?/m0/s1. The molecular formula is C19H31N3O2S. The van der Waals surface area contributed by atoms with Crippen molar-refractivity contribution >= 4 is 28.7 Å². The monoisotopic (exact) mass is 365 g/mol. The van der Waals surface area contributed by atoms with Crippen molar-refractivity contribution < 1.29 is 9.59 Å². The van der Waals surface area contributed by atoms with Crippen LogP contribution in [0.25, 0.3) is 0 Å². The molecule has 25 heavy (non-hydrogen) atoms. The van der Waals surface area contributed by atoms with Crippen LogP contribution in [0.2, 0.25) is 0 Å². The summed E-state index contributed by atoms with van der Waals surface area (Å²) < 4.78 is 0. The Morgan fingerprint density at radius 1 is 1.16 bits per heavy atom. The van der Waals surface area contributed by atoms with E-state index in [2.05, 4.69) is 12.2 Å². The van der Waals surface area contributed by atoms with Gasteiger partial charge in [-0.2, -0.15) is 0 Å². The lowest BCUT2D eigenvalue weighted by atomic mass is 9.85. The largest absolute Gasteiger partial charge is 0.343 e. The number of nitrogens with zero attached hydrogens (tertiary/aromatic N) is 2. The summed E-state index contributed by atoms with van der Waals surface area (Å²) in [5, 5.41) is 3.31. The maximum absolute atomic E-state index is 12.5. The molecule has 3 aliphatic rings. The molecule has 3 rings (SSSR count). The van der Waals surface area contributed by atoms with E-state index in [1.165, 1.54) is 56.7 Å². The van der Waals surface area contributed by atoms with E-state index in [0.717, 1.165) is 31.1 Å². The first-order valence-electron chi connectivity index (χ1n) is 9.96. The van der Waals surface area contributed by atoms with Crippen LogP contribution in [0.3, 0.4) is 0 Å². The summed E-state index contributed by atoms with van der Waals surface area (Å²) in [5.41, 5.74) is 0. The molecule has 140 valence electrons. The zero-order chi connectivity index (χ0) is 17.6. The molecule has 0 bridgehead atoms. The SMILES string of the molecule is C[C@H](N=C1NC(=O)C(CC(=O)N2CCCCCC2)S1)C1CCCCC1. The average molecular weight is 366 g/mol. The van der Waals surface area contributed by atoms with Gasteiger partial charge in [0.1, 0.15) is 5.25 Å². The first-order valence-corrected chi connectivity index (χ1v) is 10.8. The fourth-order valence-corrected chi connectivity index (χ4v) is 5.16. The summed E-state index contributed by atoms with van der Waals surface area (Å²) in [6, 6.07) is 0.253. The number of carbonyl (C=O) groups is 2. The summed E-state index contributed by atoms with van der Waals surface area (Å²) in [6.07, 6.45) is 11.3. The highest BCUT2D eigenvalue weighted by molar-refractivity contribution is 8.15. The highest BCUT2D eigenvalue weighted by Crippen LogP contribution is 2.30. The van der Waals surface area contributed by atoms with Crippen LogP contribution in [-0.4, -0.2) is 46.3 Å². The number of nitrogens with one attached hydrogen (secondary N) is 1. The molecule has 5 nitrogen and oxygen atoms in total. The summed E-state index contributed by atoms with van der Waals surface area (Å²) in [7, 11) is 0. The second kappa shape index (κ2) is 9.06. The third-order valence-electron chi connectivity index (χ3n) is 5.75. The Balaban J connectivity index is 1.52. The number of amides is 2. The Hall–Kier alpha value is -1.04. The lowest BCUT2D eigenvalue weighted by Gasteiger charge is -2.25. The fraction of sp³-hybridized carbons (Fsp3) is 0.842. The van der Waals surface area contributed by atoms with Crippen molar-refractivity contribution in [2.45, 2.75) is 82.4 Å². The first-order chi connectivity index (χ1) is 12.1. The Labute approximate surface area is 155 Å². The van der Waals surface area contributed by atoms with E-state index in [4.69, 9.17) is 4.99 Å². The topological polar surface area (TPSA) is 61.8 Å². The third-order valence-corrected chi connectivity index (χ3v) is 6.84. The quantitative estimate of drug-likeness (QED) is 0.831. The summed E-state index contributed by atoms with van der Waals surface area (Å²) in [4.78, 5) is 31.5. The second-order valence-corrected chi connectivity index (χ2v) is 8.86. The molecule has 0 radical (unpaired) electrons. The van der Waals surface area contributed by atoms with Crippen LogP contribution in [0.5, 0.6) is 0 Å².